The molecule has 3 nitrogen and oxygen atoms in total. The molecular weight excluding hydrogens is 335 g/mol. The molecule has 0 aliphatic rings. The van der Waals surface area contributed by atoms with E-state index in [2.05, 4.69) is 21.2 Å². The van der Waals surface area contributed by atoms with Crippen molar-refractivity contribution in [1.29, 1.82) is 0 Å². The molecule has 0 bridgehead atoms. The van der Waals surface area contributed by atoms with Crippen molar-refractivity contribution in [1.82, 2.24) is 0 Å². The van der Waals surface area contributed by atoms with Crippen LogP contribution in [0.3, 0.4) is 0 Å². The number of amides is 1. The summed E-state index contributed by atoms with van der Waals surface area (Å²) in [5.74, 6) is -0.919. The molecule has 6 heteroatoms. The number of benzene rings is 2. The van der Waals surface area contributed by atoms with Gasteiger partial charge in [0.05, 0.1) is 10.7 Å². The second-order valence-electron chi connectivity index (χ2n) is 3.85. The average Bonchev–Trinajstić information content (AvgIpc) is 2.32. The Hall–Kier alpha value is -1.59. The highest BCUT2D eigenvalue weighted by Gasteiger charge is 2.09. The minimum atomic E-state index is -0.491. The maximum Gasteiger partial charge on any atom is 0.255 e. The second-order valence-corrected chi connectivity index (χ2v) is 5.17. The molecule has 2 aromatic rings. The van der Waals surface area contributed by atoms with Gasteiger partial charge in [0.15, 0.2) is 0 Å². The Bertz CT molecular complexity index is 628. The van der Waals surface area contributed by atoms with Gasteiger partial charge in [0.25, 0.3) is 5.91 Å². The van der Waals surface area contributed by atoms with Crippen molar-refractivity contribution >= 4 is 44.8 Å². The third kappa shape index (κ3) is 3.45. The lowest BCUT2D eigenvalue weighted by molar-refractivity contribution is 0.102. The monoisotopic (exact) mass is 342 g/mol. The van der Waals surface area contributed by atoms with Crippen LogP contribution in [0.25, 0.3) is 0 Å². The molecule has 0 spiro atoms. The first-order chi connectivity index (χ1) is 8.95. The molecule has 2 aromatic carbocycles. The van der Waals surface area contributed by atoms with Gasteiger partial charge in [0.2, 0.25) is 0 Å². The molecule has 1 amide bonds. The summed E-state index contributed by atoms with van der Waals surface area (Å²) in [4.78, 5) is 11.9. The fraction of sp³-hybridized carbons (Fsp3) is 0. The standard InChI is InChI=1S/C13H9BrClFN2O/c14-8-3-7(4-9(16)5-8)13(19)18-10-1-2-11(15)12(17)6-10/h1-6H,17H2,(H,18,19). The highest BCUT2D eigenvalue weighted by Crippen LogP contribution is 2.23. The molecule has 0 fully saturated rings. The van der Waals surface area contributed by atoms with E-state index in [1.165, 1.54) is 18.2 Å². The quantitative estimate of drug-likeness (QED) is 0.807. The van der Waals surface area contributed by atoms with E-state index in [0.29, 0.717) is 20.9 Å². The zero-order valence-electron chi connectivity index (χ0n) is 9.58. The van der Waals surface area contributed by atoms with Crippen molar-refractivity contribution in [2.24, 2.45) is 0 Å². The summed E-state index contributed by atoms with van der Waals surface area (Å²) in [6.45, 7) is 0. The van der Waals surface area contributed by atoms with Crippen molar-refractivity contribution < 1.29 is 9.18 Å². The number of nitrogen functional groups attached to an aromatic ring is 1. The van der Waals surface area contributed by atoms with Crippen LogP contribution in [0, 0.1) is 5.82 Å². The Labute approximate surface area is 122 Å². The maximum absolute atomic E-state index is 13.2. The largest absolute Gasteiger partial charge is 0.397 e. The Kier molecular flexibility index (Phi) is 4.07. The topological polar surface area (TPSA) is 55.1 Å². The van der Waals surface area contributed by atoms with Crippen LogP contribution in [0.5, 0.6) is 0 Å². The van der Waals surface area contributed by atoms with Gasteiger partial charge in [-0.15, -0.1) is 0 Å². The third-order valence-corrected chi connectivity index (χ3v) is 3.18. The van der Waals surface area contributed by atoms with E-state index in [4.69, 9.17) is 17.3 Å². The highest BCUT2D eigenvalue weighted by molar-refractivity contribution is 9.10. The van der Waals surface area contributed by atoms with Crippen LogP contribution in [0.1, 0.15) is 10.4 Å². The summed E-state index contributed by atoms with van der Waals surface area (Å²) >= 11 is 8.91. The number of nitrogens with two attached hydrogens (primary N) is 1. The summed E-state index contributed by atoms with van der Waals surface area (Å²) < 4.78 is 13.7. The smallest absolute Gasteiger partial charge is 0.255 e. The second kappa shape index (κ2) is 5.59. The number of halogens is 3. The molecule has 0 saturated carbocycles. The Morgan fingerprint density at radius 1 is 1.26 bits per heavy atom. The summed E-state index contributed by atoms with van der Waals surface area (Å²) in [6.07, 6.45) is 0. The van der Waals surface area contributed by atoms with Gasteiger partial charge in [-0.05, 0) is 36.4 Å². The number of anilines is 2. The van der Waals surface area contributed by atoms with Crippen molar-refractivity contribution in [3.05, 3.63) is 57.3 Å². The first-order valence-corrected chi connectivity index (χ1v) is 6.45. The van der Waals surface area contributed by atoms with E-state index >= 15 is 0 Å². The summed E-state index contributed by atoms with van der Waals surface area (Å²) in [5.41, 5.74) is 6.70. The Morgan fingerprint density at radius 3 is 2.63 bits per heavy atom. The van der Waals surface area contributed by atoms with Crippen molar-refractivity contribution in [3.63, 3.8) is 0 Å². The molecule has 0 aliphatic heterocycles. The van der Waals surface area contributed by atoms with Crippen LogP contribution in [0.4, 0.5) is 15.8 Å². The molecule has 19 heavy (non-hydrogen) atoms. The Balaban J connectivity index is 2.22. The van der Waals surface area contributed by atoms with E-state index in [1.807, 2.05) is 0 Å². The van der Waals surface area contributed by atoms with Crippen LogP contribution >= 0.6 is 27.5 Å². The van der Waals surface area contributed by atoms with Gasteiger partial charge >= 0.3 is 0 Å². The summed E-state index contributed by atoms with van der Waals surface area (Å²) in [5, 5.41) is 3.02. The van der Waals surface area contributed by atoms with Crippen LogP contribution in [-0.4, -0.2) is 5.91 Å². The number of hydrogen-bond donors (Lipinski definition) is 2. The number of carbonyl (C=O) groups excluding carboxylic acids is 1. The molecule has 0 unspecified atom stereocenters. The highest BCUT2D eigenvalue weighted by atomic mass is 79.9. The molecule has 0 aromatic heterocycles. The predicted molar refractivity (Wildman–Crippen MR) is 77.9 cm³/mol. The molecule has 0 radical (unpaired) electrons. The van der Waals surface area contributed by atoms with E-state index < -0.39 is 11.7 Å². The van der Waals surface area contributed by atoms with Crippen molar-refractivity contribution in [2.75, 3.05) is 11.1 Å². The number of carbonyl (C=O) groups is 1. The van der Waals surface area contributed by atoms with E-state index in [1.54, 1.807) is 12.1 Å². The minimum absolute atomic E-state index is 0.209. The first kappa shape index (κ1) is 13.8. The van der Waals surface area contributed by atoms with E-state index in [0.717, 1.165) is 6.07 Å². The van der Waals surface area contributed by atoms with Gasteiger partial charge in [0.1, 0.15) is 5.82 Å². The normalized spacial score (nSPS) is 10.3. The average molecular weight is 344 g/mol. The molecule has 0 aliphatic carbocycles. The van der Waals surface area contributed by atoms with Gasteiger partial charge in [-0.25, -0.2) is 4.39 Å². The third-order valence-electron chi connectivity index (χ3n) is 2.38. The lowest BCUT2D eigenvalue weighted by Gasteiger charge is -2.07. The maximum atomic E-state index is 13.2. The molecule has 2 rings (SSSR count). The summed E-state index contributed by atoms with van der Waals surface area (Å²) in [6, 6.07) is 8.68. The zero-order chi connectivity index (χ0) is 14.0. The number of hydrogen-bond acceptors (Lipinski definition) is 2. The molecular formula is C13H9BrClFN2O. The molecule has 98 valence electrons. The lowest BCUT2D eigenvalue weighted by atomic mass is 10.2. The molecule has 0 saturated heterocycles. The zero-order valence-corrected chi connectivity index (χ0v) is 11.9. The minimum Gasteiger partial charge on any atom is -0.397 e. The predicted octanol–water partition coefficient (Wildman–Crippen LogP) is 4.08. The van der Waals surface area contributed by atoms with Crippen LogP contribution < -0.4 is 11.1 Å². The van der Waals surface area contributed by atoms with Gasteiger partial charge in [-0.3, -0.25) is 4.79 Å². The fourth-order valence-corrected chi connectivity index (χ4v) is 2.09. The molecule has 0 atom stereocenters. The lowest BCUT2D eigenvalue weighted by Crippen LogP contribution is -2.12. The van der Waals surface area contributed by atoms with Crippen LogP contribution in [-0.2, 0) is 0 Å². The fourth-order valence-electron chi connectivity index (χ4n) is 1.51. The first-order valence-electron chi connectivity index (χ1n) is 5.28. The van der Waals surface area contributed by atoms with E-state index in [9.17, 15) is 9.18 Å². The van der Waals surface area contributed by atoms with Gasteiger partial charge < -0.3 is 11.1 Å². The van der Waals surface area contributed by atoms with Gasteiger partial charge in [-0.1, -0.05) is 27.5 Å². The molecule has 3 N–H and O–H groups in total. The Morgan fingerprint density at radius 2 is 2.00 bits per heavy atom. The summed E-state index contributed by atoms with van der Waals surface area (Å²) in [7, 11) is 0. The number of nitrogens with one attached hydrogen (secondary N) is 1. The van der Waals surface area contributed by atoms with Gasteiger partial charge in [-0.2, -0.15) is 0 Å². The van der Waals surface area contributed by atoms with Crippen molar-refractivity contribution in [2.45, 2.75) is 0 Å². The van der Waals surface area contributed by atoms with Crippen LogP contribution in [0.2, 0.25) is 5.02 Å². The van der Waals surface area contributed by atoms with E-state index in [-0.39, 0.29) is 5.56 Å². The number of rotatable bonds is 2. The SMILES string of the molecule is Nc1cc(NC(=O)c2cc(F)cc(Br)c2)ccc1Cl. The van der Waals surface area contributed by atoms with Crippen molar-refractivity contribution in [3.8, 4) is 0 Å². The molecule has 0 heterocycles. The van der Waals surface area contributed by atoms with Gasteiger partial charge in [0, 0.05) is 15.7 Å². The van der Waals surface area contributed by atoms with Crippen LogP contribution in [0.15, 0.2) is 40.9 Å².